The van der Waals surface area contributed by atoms with E-state index in [0.29, 0.717) is 4.88 Å². The summed E-state index contributed by atoms with van der Waals surface area (Å²) in [5, 5.41) is 0. The van der Waals surface area contributed by atoms with Crippen molar-refractivity contribution in [2.45, 2.75) is 33.2 Å². The van der Waals surface area contributed by atoms with Gasteiger partial charge in [-0.3, -0.25) is 15.1 Å². The van der Waals surface area contributed by atoms with Crippen molar-refractivity contribution < 1.29 is 4.79 Å². The van der Waals surface area contributed by atoms with Crippen LogP contribution in [-0.2, 0) is 6.54 Å². The summed E-state index contributed by atoms with van der Waals surface area (Å²) in [7, 11) is 0. The van der Waals surface area contributed by atoms with E-state index in [1.807, 2.05) is 12.1 Å². The monoisotopic (exact) mass is 255 g/mol. The van der Waals surface area contributed by atoms with E-state index in [2.05, 4.69) is 24.2 Å². The van der Waals surface area contributed by atoms with Gasteiger partial charge >= 0.3 is 0 Å². The van der Waals surface area contributed by atoms with Crippen molar-refractivity contribution in [1.29, 1.82) is 0 Å². The molecule has 0 saturated carbocycles. The van der Waals surface area contributed by atoms with E-state index in [0.717, 1.165) is 32.5 Å². The van der Waals surface area contributed by atoms with Crippen LogP contribution in [0.1, 0.15) is 41.2 Å². The van der Waals surface area contributed by atoms with Crippen LogP contribution in [0.15, 0.2) is 12.1 Å². The lowest BCUT2D eigenvalue weighted by atomic mass is 10.3. The number of rotatable bonds is 7. The summed E-state index contributed by atoms with van der Waals surface area (Å²) < 4.78 is 0. The van der Waals surface area contributed by atoms with Crippen LogP contribution in [0.2, 0.25) is 0 Å². The van der Waals surface area contributed by atoms with Gasteiger partial charge in [0.15, 0.2) is 0 Å². The average molecular weight is 255 g/mol. The average Bonchev–Trinajstić information content (AvgIpc) is 2.77. The molecule has 5 heteroatoms. The van der Waals surface area contributed by atoms with E-state index in [9.17, 15) is 4.79 Å². The Morgan fingerprint density at radius 1 is 1.35 bits per heavy atom. The number of carbonyl (C=O) groups excluding carboxylic acids is 1. The highest BCUT2D eigenvalue weighted by atomic mass is 32.1. The van der Waals surface area contributed by atoms with Gasteiger partial charge in [-0.2, -0.15) is 0 Å². The van der Waals surface area contributed by atoms with E-state index >= 15 is 0 Å². The van der Waals surface area contributed by atoms with Crippen LogP contribution in [0.4, 0.5) is 0 Å². The molecule has 0 radical (unpaired) electrons. The van der Waals surface area contributed by atoms with Gasteiger partial charge in [-0.25, -0.2) is 5.84 Å². The Morgan fingerprint density at radius 2 is 2.00 bits per heavy atom. The smallest absolute Gasteiger partial charge is 0.275 e. The maximum Gasteiger partial charge on any atom is 0.275 e. The highest BCUT2D eigenvalue weighted by molar-refractivity contribution is 7.14. The van der Waals surface area contributed by atoms with Gasteiger partial charge in [-0.05, 0) is 38.1 Å². The van der Waals surface area contributed by atoms with E-state index in [4.69, 9.17) is 5.84 Å². The van der Waals surface area contributed by atoms with E-state index in [-0.39, 0.29) is 5.91 Å². The minimum Gasteiger partial charge on any atom is -0.298 e. The predicted molar refractivity (Wildman–Crippen MR) is 71.8 cm³/mol. The fourth-order valence-electron chi connectivity index (χ4n) is 1.78. The van der Waals surface area contributed by atoms with E-state index in [1.54, 1.807) is 0 Å². The summed E-state index contributed by atoms with van der Waals surface area (Å²) in [5.74, 6) is 4.90. The van der Waals surface area contributed by atoms with Crippen molar-refractivity contribution in [2.24, 2.45) is 5.84 Å². The van der Waals surface area contributed by atoms with Crippen LogP contribution in [-0.4, -0.2) is 23.9 Å². The third kappa shape index (κ3) is 4.46. The quantitative estimate of drug-likeness (QED) is 0.445. The molecule has 0 spiro atoms. The van der Waals surface area contributed by atoms with Gasteiger partial charge in [0.1, 0.15) is 0 Å². The number of hydrogen-bond donors (Lipinski definition) is 2. The number of nitrogen functional groups attached to an aromatic ring is 1. The van der Waals surface area contributed by atoms with Gasteiger partial charge in [0.25, 0.3) is 5.91 Å². The number of nitrogens with zero attached hydrogens (tertiary/aromatic N) is 1. The molecule has 0 fully saturated rings. The Labute approximate surface area is 107 Å². The fraction of sp³-hybridized carbons (Fsp3) is 0.583. The summed E-state index contributed by atoms with van der Waals surface area (Å²) >= 11 is 1.51. The number of nitrogens with one attached hydrogen (secondary N) is 1. The first-order chi connectivity index (χ1) is 8.21. The van der Waals surface area contributed by atoms with Crippen LogP contribution in [0.5, 0.6) is 0 Å². The minimum absolute atomic E-state index is 0.209. The maximum absolute atomic E-state index is 11.3. The largest absolute Gasteiger partial charge is 0.298 e. The van der Waals surface area contributed by atoms with Crippen LogP contribution >= 0.6 is 11.3 Å². The molecule has 0 aliphatic carbocycles. The molecule has 3 N–H and O–H groups in total. The molecule has 0 aromatic carbocycles. The second kappa shape index (κ2) is 7.42. The normalized spacial score (nSPS) is 10.8. The second-order valence-electron chi connectivity index (χ2n) is 4.02. The first kappa shape index (κ1) is 14.2. The molecular formula is C12H21N3OS. The van der Waals surface area contributed by atoms with Gasteiger partial charge in [0.2, 0.25) is 0 Å². The van der Waals surface area contributed by atoms with Gasteiger partial charge in [-0.1, -0.05) is 13.8 Å². The van der Waals surface area contributed by atoms with Gasteiger partial charge < -0.3 is 0 Å². The molecular weight excluding hydrogens is 234 g/mol. The first-order valence-corrected chi connectivity index (χ1v) is 6.84. The molecule has 0 bridgehead atoms. The molecule has 1 aromatic rings. The molecule has 96 valence electrons. The molecule has 17 heavy (non-hydrogen) atoms. The summed E-state index contributed by atoms with van der Waals surface area (Å²) in [4.78, 5) is 15.6. The number of thiophene rings is 1. The molecule has 1 aromatic heterocycles. The molecule has 1 rings (SSSR count). The lowest BCUT2D eigenvalue weighted by Gasteiger charge is -2.19. The first-order valence-electron chi connectivity index (χ1n) is 6.03. The van der Waals surface area contributed by atoms with Crippen LogP contribution < -0.4 is 11.3 Å². The van der Waals surface area contributed by atoms with E-state index in [1.165, 1.54) is 16.2 Å². The Bertz CT molecular complexity index is 345. The predicted octanol–water partition coefficient (Wildman–Crippen LogP) is 1.97. The van der Waals surface area contributed by atoms with Crippen LogP contribution in [0, 0.1) is 0 Å². The highest BCUT2D eigenvalue weighted by Gasteiger charge is 2.10. The standard InChI is InChI=1S/C12H21N3OS/c1-3-7-15(8-4-2)9-10-5-6-11(17-10)12(16)14-13/h5-6H,3-4,7-9,13H2,1-2H3,(H,14,16). The lowest BCUT2D eigenvalue weighted by molar-refractivity contribution is 0.0957. The zero-order valence-corrected chi connectivity index (χ0v) is 11.3. The van der Waals surface area contributed by atoms with Crippen LogP contribution in [0.25, 0.3) is 0 Å². The van der Waals surface area contributed by atoms with Crippen molar-refractivity contribution in [1.82, 2.24) is 10.3 Å². The number of carbonyl (C=O) groups is 1. The molecule has 0 aliphatic heterocycles. The third-order valence-electron chi connectivity index (χ3n) is 2.48. The Kier molecular flexibility index (Phi) is 6.18. The molecule has 0 saturated heterocycles. The van der Waals surface area contributed by atoms with Crippen LogP contribution in [0.3, 0.4) is 0 Å². The lowest BCUT2D eigenvalue weighted by Crippen LogP contribution is -2.29. The zero-order chi connectivity index (χ0) is 12.7. The fourth-order valence-corrected chi connectivity index (χ4v) is 2.73. The molecule has 0 atom stereocenters. The summed E-state index contributed by atoms with van der Waals surface area (Å²) in [5.41, 5.74) is 2.16. The highest BCUT2D eigenvalue weighted by Crippen LogP contribution is 2.18. The molecule has 0 aliphatic rings. The number of hydrogen-bond acceptors (Lipinski definition) is 4. The summed E-state index contributed by atoms with van der Waals surface area (Å²) in [6.07, 6.45) is 2.31. The Morgan fingerprint density at radius 3 is 2.53 bits per heavy atom. The van der Waals surface area contributed by atoms with E-state index < -0.39 is 0 Å². The van der Waals surface area contributed by atoms with Crippen molar-refractivity contribution in [3.05, 3.63) is 21.9 Å². The Balaban J connectivity index is 2.60. The Hall–Kier alpha value is -0.910. The van der Waals surface area contributed by atoms with Crippen molar-refractivity contribution >= 4 is 17.2 Å². The third-order valence-corrected chi connectivity index (χ3v) is 3.54. The summed E-state index contributed by atoms with van der Waals surface area (Å²) in [6.45, 7) is 7.49. The number of nitrogens with two attached hydrogens (primary N) is 1. The van der Waals surface area contributed by atoms with Crippen molar-refractivity contribution in [2.75, 3.05) is 13.1 Å². The van der Waals surface area contributed by atoms with Gasteiger partial charge in [0, 0.05) is 11.4 Å². The molecule has 0 unspecified atom stereocenters. The SMILES string of the molecule is CCCN(CCC)Cc1ccc(C(=O)NN)s1. The maximum atomic E-state index is 11.3. The number of hydrazine groups is 1. The zero-order valence-electron chi connectivity index (χ0n) is 10.5. The summed E-state index contributed by atoms with van der Waals surface area (Å²) in [6, 6.07) is 3.84. The van der Waals surface area contributed by atoms with Gasteiger partial charge in [-0.15, -0.1) is 11.3 Å². The van der Waals surface area contributed by atoms with Gasteiger partial charge in [0.05, 0.1) is 4.88 Å². The number of amides is 1. The van der Waals surface area contributed by atoms with Crippen molar-refractivity contribution in [3.63, 3.8) is 0 Å². The molecule has 1 heterocycles. The second-order valence-corrected chi connectivity index (χ2v) is 5.18. The molecule has 4 nitrogen and oxygen atoms in total. The topological polar surface area (TPSA) is 58.4 Å². The molecule has 1 amide bonds. The minimum atomic E-state index is -0.209. The van der Waals surface area contributed by atoms with Crippen molar-refractivity contribution in [3.8, 4) is 0 Å².